The number of aliphatic hydroxyl groups is 1. The Morgan fingerprint density at radius 1 is 1.29 bits per heavy atom. The molecule has 1 saturated heterocycles. The molecule has 0 radical (unpaired) electrons. The van der Waals surface area contributed by atoms with E-state index >= 15 is 0 Å². The number of hydrogen-bond donors (Lipinski definition) is 2. The third-order valence-corrected chi connectivity index (χ3v) is 4.08. The molecule has 2 unspecified atom stereocenters. The molecular formula is C13H24N2O2. The van der Waals surface area contributed by atoms with E-state index in [1.807, 2.05) is 4.90 Å². The van der Waals surface area contributed by atoms with Gasteiger partial charge >= 0.3 is 0 Å². The summed E-state index contributed by atoms with van der Waals surface area (Å²) in [5.41, 5.74) is 0. The molecule has 2 rings (SSSR count). The molecule has 17 heavy (non-hydrogen) atoms. The van der Waals surface area contributed by atoms with Crippen LogP contribution < -0.4 is 5.32 Å². The highest BCUT2D eigenvalue weighted by Gasteiger charge is 2.42. The zero-order valence-corrected chi connectivity index (χ0v) is 11.0. The van der Waals surface area contributed by atoms with Gasteiger partial charge in [-0.1, -0.05) is 13.8 Å². The molecule has 0 spiro atoms. The van der Waals surface area contributed by atoms with Crippen molar-refractivity contribution in [1.29, 1.82) is 0 Å². The molecule has 0 bridgehead atoms. The van der Waals surface area contributed by atoms with Crippen molar-refractivity contribution in [3.8, 4) is 0 Å². The SMILES string of the molecule is CC(C)C1NC(C)N(C2CCC(O)CC2)C1=O. The minimum absolute atomic E-state index is 0.0307. The molecule has 2 aliphatic rings. The highest BCUT2D eigenvalue weighted by atomic mass is 16.3. The summed E-state index contributed by atoms with van der Waals surface area (Å²) in [5, 5.41) is 12.9. The minimum Gasteiger partial charge on any atom is -0.393 e. The molecule has 1 amide bonds. The number of carbonyl (C=O) groups is 1. The lowest BCUT2D eigenvalue weighted by Gasteiger charge is -2.35. The Labute approximate surface area is 103 Å². The van der Waals surface area contributed by atoms with Crippen molar-refractivity contribution in [2.24, 2.45) is 5.92 Å². The fourth-order valence-electron chi connectivity index (χ4n) is 3.07. The third kappa shape index (κ3) is 2.47. The average molecular weight is 240 g/mol. The average Bonchev–Trinajstić information content (AvgIpc) is 2.56. The summed E-state index contributed by atoms with van der Waals surface area (Å²) in [6.07, 6.45) is 3.50. The van der Waals surface area contributed by atoms with E-state index in [0.717, 1.165) is 25.7 Å². The number of hydrogen-bond acceptors (Lipinski definition) is 3. The van der Waals surface area contributed by atoms with E-state index in [4.69, 9.17) is 0 Å². The predicted octanol–water partition coefficient (Wildman–Crippen LogP) is 1.09. The number of aliphatic hydroxyl groups excluding tert-OH is 1. The van der Waals surface area contributed by atoms with Crippen molar-refractivity contribution < 1.29 is 9.90 Å². The Morgan fingerprint density at radius 3 is 2.35 bits per heavy atom. The number of carbonyl (C=O) groups excluding carboxylic acids is 1. The second-order valence-corrected chi connectivity index (χ2v) is 5.77. The van der Waals surface area contributed by atoms with Gasteiger partial charge in [0.25, 0.3) is 0 Å². The van der Waals surface area contributed by atoms with Crippen LogP contribution in [0.2, 0.25) is 0 Å². The number of amides is 1. The second-order valence-electron chi connectivity index (χ2n) is 5.77. The number of rotatable bonds is 2. The van der Waals surface area contributed by atoms with E-state index in [9.17, 15) is 9.90 Å². The topological polar surface area (TPSA) is 52.6 Å². The summed E-state index contributed by atoms with van der Waals surface area (Å²) in [6.45, 7) is 6.22. The molecule has 0 aromatic rings. The van der Waals surface area contributed by atoms with E-state index in [1.165, 1.54) is 0 Å². The number of nitrogens with zero attached hydrogens (tertiary/aromatic N) is 1. The summed E-state index contributed by atoms with van der Waals surface area (Å²) < 4.78 is 0. The van der Waals surface area contributed by atoms with E-state index in [1.54, 1.807) is 0 Å². The van der Waals surface area contributed by atoms with Crippen LogP contribution in [-0.4, -0.2) is 40.3 Å². The maximum absolute atomic E-state index is 12.3. The van der Waals surface area contributed by atoms with E-state index in [-0.39, 0.29) is 24.2 Å². The molecule has 0 aromatic carbocycles. The van der Waals surface area contributed by atoms with Gasteiger partial charge < -0.3 is 10.0 Å². The van der Waals surface area contributed by atoms with Crippen molar-refractivity contribution in [2.45, 2.75) is 70.8 Å². The normalized spacial score (nSPS) is 39.1. The molecule has 2 N–H and O–H groups in total. The van der Waals surface area contributed by atoms with Crippen LogP contribution in [0.25, 0.3) is 0 Å². The summed E-state index contributed by atoms with van der Waals surface area (Å²) in [7, 11) is 0. The van der Waals surface area contributed by atoms with Gasteiger partial charge in [0.2, 0.25) is 5.91 Å². The first kappa shape index (κ1) is 12.8. The second kappa shape index (κ2) is 4.94. The van der Waals surface area contributed by atoms with Crippen molar-refractivity contribution in [3.05, 3.63) is 0 Å². The van der Waals surface area contributed by atoms with Gasteiger partial charge in [0.1, 0.15) is 0 Å². The molecule has 1 aliphatic carbocycles. The first-order chi connectivity index (χ1) is 8.00. The molecule has 2 atom stereocenters. The standard InChI is InChI=1S/C13H24N2O2/c1-8(2)12-13(17)15(9(3)14-12)10-4-6-11(16)7-5-10/h8-12,14,16H,4-7H2,1-3H3. The van der Waals surface area contributed by atoms with Crippen molar-refractivity contribution >= 4 is 5.91 Å². The molecule has 1 aliphatic heterocycles. The van der Waals surface area contributed by atoms with E-state index < -0.39 is 0 Å². The Balaban J connectivity index is 2.03. The quantitative estimate of drug-likeness (QED) is 0.760. The molecular weight excluding hydrogens is 216 g/mol. The molecule has 4 heteroatoms. The van der Waals surface area contributed by atoms with Crippen LogP contribution in [0.15, 0.2) is 0 Å². The van der Waals surface area contributed by atoms with Crippen molar-refractivity contribution in [3.63, 3.8) is 0 Å². The van der Waals surface area contributed by atoms with Gasteiger partial charge in [-0.15, -0.1) is 0 Å². The summed E-state index contributed by atoms with van der Waals surface area (Å²) in [6, 6.07) is 0.286. The lowest BCUT2D eigenvalue weighted by molar-refractivity contribution is -0.133. The smallest absolute Gasteiger partial charge is 0.241 e. The molecule has 98 valence electrons. The monoisotopic (exact) mass is 240 g/mol. The Bertz CT molecular complexity index is 285. The van der Waals surface area contributed by atoms with Gasteiger partial charge in [0, 0.05) is 6.04 Å². The van der Waals surface area contributed by atoms with Crippen LogP contribution >= 0.6 is 0 Å². The predicted molar refractivity (Wildman–Crippen MR) is 66.3 cm³/mol. The zero-order chi connectivity index (χ0) is 12.6. The largest absolute Gasteiger partial charge is 0.393 e. The summed E-state index contributed by atoms with van der Waals surface area (Å²) in [4.78, 5) is 14.3. The molecule has 0 aromatic heterocycles. The van der Waals surface area contributed by atoms with Crippen LogP contribution in [0.3, 0.4) is 0 Å². The van der Waals surface area contributed by atoms with Gasteiger partial charge in [-0.3, -0.25) is 10.1 Å². The van der Waals surface area contributed by atoms with Gasteiger partial charge in [0.05, 0.1) is 18.3 Å². The summed E-state index contributed by atoms with van der Waals surface area (Å²) in [5.74, 6) is 0.582. The third-order valence-electron chi connectivity index (χ3n) is 4.08. The van der Waals surface area contributed by atoms with E-state index in [0.29, 0.717) is 12.0 Å². The fraction of sp³-hybridized carbons (Fsp3) is 0.923. The van der Waals surface area contributed by atoms with E-state index in [2.05, 4.69) is 26.1 Å². The van der Waals surface area contributed by atoms with Crippen LogP contribution in [0.4, 0.5) is 0 Å². The van der Waals surface area contributed by atoms with Crippen LogP contribution in [0.5, 0.6) is 0 Å². The van der Waals surface area contributed by atoms with Gasteiger partial charge in [-0.2, -0.15) is 0 Å². The molecule has 2 fully saturated rings. The van der Waals surface area contributed by atoms with Gasteiger partial charge in [-0.25, -0.2) is 0 Å². The van der Waals surface area contributed by atoms with Gasteiger partial charge in [0.15, 0.2) is 0 Å². The Hall–Kier alpha value is -0.610. The van der Waals surface area contributed by atoms with Gasteiger partial charge in [-0.05, 0) is 38.5 Å². The Kier molecular flexibility index (Phi) is 3.73. The van der Waals surface area contributed by atoms with Crippen LogP contribution in [0.1, 0.15) is 46.5 Å². The molecule has 1 heterocycles. The van der Waals surface area contributed by atoms with Crippen LogP contribution in [-0.2, 0) is 4.79 Å². The highest BCUT2D eigenvalue weighted by Crippen LogP contribution is 2.28. The lowest BCUT2D eigenvalue weighted by Crippen LogP contribution is -2.45. The highest BCUT2D eigenvalue weighted by molar-refractivity contribution is 5.84. The lowest BCUT2D eigenvalue weighted by atomic mass is 9.91. The van der Waals surface area contributed by atoms with Crippen LogP contribution in [0, 0.1) is 5.92 Å². The maximum Gasteiger partial charge on any atom is 0.241 e. The zero-order valence-electron chi connectivity index (χ0n) is 11.0. The summed E-state index contributed by atoms with van der Waals surface area (Å²) >= 11 is 0. The van der Waals surface area contributed by atoms with Crippen molar-refractivity contribution in [2.75, 3.05) is 0 Å². The first-order valence-corrected chi connectivity index (χ1v) is 6.77. The number of nitrogens with one attached hydrogen (secondary N) is 1. The molecule has 4 nitrogen and oxygen atoms in total. The molecule has 1 saturated carbocycles. The fourth-order valence-corrected chi connectivity index (χ4v) is 3.07. The minimum atomic E-state index is -0.159. The maximum atomic E-state index is 12.3. The Morgan fingerprint density at radius 2 is 1.88 bits per heavy atom. The first-order valence-electron chi connectivity index (χ1n) is 6.77. The van der Waals surface area contributed by atoms with Crippen molar-refractivity contribution in [1.82, 2.24) is 10.2 Å².